The Bertz CT molecular complexity index is 1890. The monoisotopic (exact) mass is 706 g/mol. The maximum Gasteiger partial charge on any atom is 0.417 e. The number of aromatic nitrogens is 2. The number of nitrogens with zero attached hydrogens (tertiary/aromatic N) is 5. The summed E-state index contributed by atoms with van der Waals surface area (Å²) in [5, 5.41) is 9.19. The highest BCUT2D eigenvalue weighted by Crippen LogP contribution is 2.48. The topological polar surface area (TPSA) is 101 Å². The number of alkyl halides is 4. The number of benzene rings is 2. The predicted octanol–water partition coefficient (Wildman–Crippen LogP) is 7.86. The lowest BCUT2D eigenvalue weighted by atomic mass is 9.92. The molecule has 4 aromatic rings. The molecule has 6 heterocycles. The Morgan fingerprint density at radius 1 is 1.08 bits per heavy atom. The highest BCUT2D eigenvalue weighted by atomic mass is 32.1. The van der Waals surface area contributed by atoms with Crippen molar-refractivity contribution in [3.63, 3.8) is 0 Å². The third-order valence-electron chi connectivity index (χ3n) is 9.38. The van der Waals surface area contributed by atoms with E-state index in [0.29, 0.717) is 37.0 Å². The minimum Gasteiger partial charge on any atom is -0.467 e. The van der Waals surface area contributed by atoms with Crippen molar-refractivity contribution in [3.8, 4) is 23.2 Å². The maximum atomic E-state index is 16.4. The molecule has 8 rings (SSSR count). The van der Waals surface area contributed by atoms with E-state index in [1.807, 2.05) is 13.8 Å². The molecule has 4 aliphatic heterocycles. The average molecular weight is 707 g/mol. The maximum absolute atomic E-state index is 16.4. The SMILES string of the molecule is CC.COc1nc(N2CC3CCC(C2)O3)c2cc(C(F)(F)F)c(-c3ccc(F)c4sc(N)c(C#N)c34)c(F)c2n1.FC1CC2CCCN2C1. The molecule has 262 valence electrons. The van der Waals surface area contributed by atoms with Crippen molar-refractivity contribution in [2.75, 3.05) is 43.9 Å². The van der Waals surface area contributed by atoms with E-state index >= 15 is 4.39 Å². The number of morpholine rings is 1. The molecule has 2 aromatic carbocycles. The second-order valence-electron chi connectivity index (χ2n) is 12.3. The number of thiophene rings is 1. The normalized spacial score (nSPS) is 23.1. The van der Waals surface area contributed by atoms with Crippen molar-refractivity contribution in [2.24, 2.45) is 0 Å². The molecule has 0 aliphatic carbocycles. The predicted molar refractivity (Wildman–Crippen MR) is 177 cm³/mol. The molecule has 0 saturated carbocycles. The first-order valence-electron chi connectivity index (χ1n) is 16.3. The van der Waals surface area contributed by atoms with Crippen molar-refractivity contribution < 1.29 is 35.8 Å². The van der Waals surface area contributed by atoms with Crippen LogP contribution in [-0.4, -0.2) is 72.6 Å². The first-order valence-corrected chi connectivity index (χ1v) is 17.1. The summed E-state index contributed by atoms with van der Waals surface area (Å²) in [6.45, 7) is 6.60. The molecule has 4 unspecified atom stereocenters. The van der Waals surface area contributed by atoms with Gasteiger partial charge in [-0.15, -0.1) is 11.3 Å². The van der Waals surface area contributed by atoms with Gasteiger partial charge in [0, 0.05) is 42.0 Å². The summed E-state index contributed by atoms with van der Waals surface area (Å²) in [7, 11) is 1.27. The third-order valence-corrected chi connectivity index (χ3v) is 10.4. The van der Waals surface area contributed by atoms with E-state index < -0.39 is 40.6 Å². The molecule has 0 amide bonds. The molecule has 2 N–H and O–H groups in total. The van der Waals surface area contributed by atoms with Gasteiger partial charge in [0.25, 0.3) is 0 Å². The highest BCUT2D eigenvalue weighted by Gasteiger charge is 2.40. The summed E-state index contributed by atoms with van der Waals surface area (Å²) >= 11 is 0.708. The first-order chi connectivity index (χ1) is 23.5. The van der Waals surface area contributed by atoms with Crippen LogP contribution < -0.4 is 15.4 Å². The van der Waals surface area contributed by atoms with Crippen LogP contribution in [0.3, 0.4) is 0 Å². The lowest BCUT2D eigenvalue weighted by Gasteiger charge is -2.33. The van der Waals surface area contributed by atoms with Crippen LogP contribution in [0.2, 0.25) is 0 Å². The summed E-state index contributed by atoms with van der Waals surface area (Å²) in [5.74, 6) is -1.98. The van der Waals surface area contributed by atoms with Crippen LogP contribution in [0.15, 0.2) is 18.2 Å². The summed E-state index contributed by atoms with van der Waals surface area (Å²) in [6, 6.07) is 4.94. The van der Waals surface area contributed by atoms with Crippen LogP contribution in [0.4, 0.5) is 37.2 Å². The van der Waals surface area contributed by atoms with Crippen molar-refractivity contribution in [3.05, 3.63) is 41.0 Å². The molecule has 4 fully saturated rings. The van der Waals surface area contributed by atoms with Gasteiger partial charge in [-0.25, -0.2) is 13.2 Å². The van der Waals surface area contributed by atoms with Gasteiger partial charge in [-0.3, -0.25) is 4.90 Å². The van der Waals surface area contributed by atoms with Crippen LogP contribution >= 0.6 is 11.3 Å². The highest BCUT2D eigenvalue weighted by molar-refractivity contribution is 7.23. The Balaban J connectivity index is 0.000000322. The second kappa shape index (κ2) is 13.8. The minimum atomic E-state index is -5.01. The van der Waals surface area contributed by atoms with Crippen LogP contribution in [0, 0.1) is 23.0 Å². The van der Waals surface area contributed by atoms with Crippen LogP contribution in [0.5, 0.6) is 6.01 Å². The van der Waals surface area contributed by atoms with Gasteiger partial charge in [0.15, 0.2) is 5.82 Å². The Hall–Kier alpha value is -3.87. The Morgan fingerprint density at radius 2 is 1.80 bits per heavy atom. The van der Waals surface area contributed by atoms with E-state index in [-0.39, 0.29) is 55.6 Å². The lowest BCUT2D eigenvalue weighted by Crippen LogP contribution is -2.43. The van der Waals surface area contributed by atoms with E-state index in [9.17, 15) is 27.2 Å². The quantitative estimate of drug-likeness (QED) is 0.215. The number of ether oxygens (including phenoxy) is 2. The summed E-state index contributed by atoms with van der Waals surface area (Å²) < 4.78 is 98.0. The Labute approximate surface area is 283 Å². The number of anilines is 2. The molecule has 4 aliphatic rings. The van der Waals surface area contributed by atoms with Gasteiger partial charge in [0.1, 0.15) is 34.4 Å². The average Bonchev–Trinajstić information content (AvgIpc) is 3.84. The smallest absolute Gasteiger partial charge is 0.417 e. The van der Waals surface area contributed by atoms with Crippen molar-refractivity contribution in [2.45, 2.75) is 76.5 Å². The number of hydrogen-bond donors (Lipinski definition) is 1. The summed E-state index contributed by atoms with van der Waals surface area (Å²) in [6.07, 6.45) is -0.819. The molecule has 49 heavy (non-hydrogen) atoms. The van der Waals surface area contributed by atoms with E-state index in [0.717, 1.165) is 44.0 Å². The van der Waals surface area contributed by atoms with Gasteiger partial charge in [0.2, 0.25) is 0 Å². The number of rotatable bonds is 3. The van der Waals surface area contributed by atoms with Gasteiger partial charge < -0.3 is 20.1 Å². The number of nitrogen functional groups attached to an aromatic ring is 1. The summed E-state index contributed by atoms with van der Waals surface area (Å²) in [5.41, 5.74) is 2.75. The number of hydrogen-bond acceptors (Lipinski definition) is 9. The van der Waals surface area contributed by atoms with E-state index in [2.05, 4.69) is 14.9 Å². The molecular formula is C34H36F6N6O2S. The molecule has 0 spiro atoms. The first kappa shape index (κ1) is 35.0. The van der Waals surface area contributed by atoms with E-state index in [4.69, 9.17) is 15.2 Å². The molecule has 0 radical (unpaired) electrons. The van der Waals surface area contributed by atoms with Crippen molar-refractivity contribution >= 4 is 43.1 Å². The van der Waals surface area contributed by atoms with Gasteiger partial charge in [0.05, 0.1) is 35.1 Å². The van der Waals surface area contributed by atoms with Gasteiger partial charge >= 0.3 is 12.2 Å². The van der Waals surface area contributed by atoms with Crippen molar-refractivity contribution in [1.29, 1.82) is 5.26 Å². The van der Waals surface area contributed by atoms with Crippen molar-refractivity contribution in [1.82, 2.24) is 14.9 Å². The number of nitriles is 1. The fourth-order valence-electron chi connectivity index (χ4n) is 7.33. The zero-order valence-corrected chi connectivity index (χ0v) is 28.0. The van der Waals surface area contributed by atoms with Crippen LogP contribution in [-0.2, 0) is 10.9 Å². The number of halogens is 6. The lowest BCUT2D eigenvalue weighted by molar-refractivity contribution is -0.137. The fourth-order valence-corrected chi connectivity index (χ4v) is 8.28. The molecule has 15 heteroatoms. The standard InChI is InChI=1S/C25H18F5N5O2S.C7H12FN.C2H6/c1-36-24-33-20-13(23(34-24)35-8-10-2-3-11(9-35)37-10)6-15(25(28,29)30)18(19(20)27)12-4-5-16(26)21-17(12)14(7-31)22(32)38-21;8-6-4-7-2-1-3-9(7)5-6;1-2/h4-6,10-11H,2-3,8-9,32H2,1H3;6-7H,1-5H2;1-2H3. The zero-order valence-electron chi connectivity index (χ0n) is 27.2. The van der Waals surface area contributed by atoms with Crippen LogP contribution in [0.25, 0.3) is 32.1 Å². The number of fused-ring (bicyclic) bond motifs is 5. The number of methoxy groups -OCH3 is 1. The largest absolute Gasteiger partial charge is 0.467 e. The Morgan fingerprint density at radius 3 is 2.43 bits per heavy atom. The second-order valence-corrected chi connectivity index (χ2v) is 13.3. The van der Waals surface area contributed by atoms with E-state index in [1.165, 1.54) is 20.0 Å². The number of nitrogens with two attached hydrogens (primary N) is 1. The molecule has 2 bridgehead atoms. The van der Waals surface area contributed by atoms with E-state index in [1.54, 1.807) is 11.0 Å². The molecule has 4 saturated heterocycles. The molecule has 4 atom stereocenters. The molecule has 2 aromatic heterocycles. The zero-order chi connectivity index (χ0) is 35.2. The Kier molecular flexibility index (Phi) is 9.85. The third kappa shape index (κ3) is 6.46. The van der Waals surface area contributed by atoms with Gasteiger partial charge in [-0.05, 0) is 56.3 Å². The van der Waals surface area contributed by atoms with Gasteiger partial charge in [-0.2, -0.15) is 28.4 Å². The molecular weight excluding hydrogens is 670 g/mol. The van der Waals surface area contributed by atoms with Crippen LogP contribution in [0.1, 0.15) is 57.1 Å². The van der Waals surface area contributed by atoms with Gasteiger partial charge in [-0.1, -0.05) is 19.9 Å². The summed E-state index contributed by atoms with van der Waals surface area (Å²) in [4.78, 5) is 12.4. The minimum absolute atomic E-state index is 0.0863. The fraction of sp³-hybridized carbons (Fsp3) is 0.500. The molecule has 8 nitrogen and oxygen atoms in total.